The highest BCUT2D eigenvalue weighted by molar-refractivity contribution is 5.92. The molecule has 0 bridgehead atoms. The van der Waals surface area contributed by atoms with E-state index in [1.54, 1.807) is 0 Å². The summed E-state index contributed by atoms with van der Waals surface area (Å²) in [6, 6.07) is 0.805. The first kappa shape index (κ1) is 9.40. The van der Waals surface area contributed by atoms with Gasteiger partial charge in [-0.25, -0.2) is 0 Å². The van der Waals surface area contributed by atoms with Crippen molar-refractivity contribution in [2.75, 3.05) is 27.2 Å². The fraction of sp³-hybridized carbons (Fsp3) is 0.750. The lowest BCUT2D eigenvalue weighted by molar-refractivity contribution is -0.114. The van der Waals surface area contributed by atoms with Crippen molar-refractivity contribution in [3.8, 4) is 0 Å². The Bertz CT molecular complexity index is 323. The number of allylic oxidation sites excluding steroid dienone is 2. The topological polar surface area (TPSA) is 23.6 Å². The maximum Gasteiger partial charge on any atom is 0.157 e. The summed E-state index contributed by atoms with van der Waals surface area (Å²) < 4.78 is 0. The molecule has 0 aromatic heterocycles. The monoisotopic (exact) mass is 206 g/mol. The molecule has 0 amide bonds. The summed E-state index contributed by atoms with van der Waals surface area (Å²) in [7, 11) is 4.34. The van der Waals surface area contributed by atoms with Crippen molar-refractivity contribution >= 4 is 5.78 Å². The van der Waals surface area contributed by atoms with Gasteiger partial charge in [-0.05, 0) is 32.4 Å². The highest BCUT2D eigenvalue weighted by Gasteiger charge is 2.57. The first-order valence-corrected chi connectivity index (χ1v) is 5.81. The summed E-state index contributed by atoms with van der Waals surface area (Å²) in [5, 5.41) is 0. The van der Waals surface area contributed by atoms with E-state index in [1.165, 1.54) is 18.8 Å². The third kappa shape index (κ3) is 1.41. The molecule has 3 aliphatic rings. The third-order valence-corrected chi connectivity index (χ3v) is 4.11. The van der Waals surface area contributed by atoms with Gasteiger partial charge in [-0.1, -0.05) is 0 Å². The van der Waals surface area contributed by atoms with E-state index in [0.717, 1.165) is 30.7 Å². The van der Waals surface area contributed by atoms with E-state index in [0.29, 0.717) is 5.78 Å². The van der Waals surface area contributed by atoms with Crippen LogP contribution in [0.2, 0.25) is 0 Å². The average Bonchev–Trinajstić information content (AvgIpc) is 2.60. The van der Waals surface area contributed by atoms with Crippen LogP contribution >= 0.6 is 0 Å². The maximum absolute atomic E-state index is 11.2. The molecule has 0 aromatic rings. The van der Waals surface area contributed by atoms with Crippen LogP contribution in [-0.2, 0) is 4.79 Å². The Hall–Kier alpha value is -0.830. The van der Waals surface area contributed by atoms with Gasteiger partial charge < -0.3 is 9.80 Å². The number of likely N-dealkylation sites (tertiary alicyclic amines) is 1. The van der Waals surface area contributed by atoms with Gasteiger partial charge in [0.2, 0.25) is 0 Å². The van der Waals surface area contributed by atoms with Crippen LogP contribution in [0.1, 0.15) is 12.8 Å². The maximum atomic E-state index is 11.2. The minimum Gasteiger partial charge on any atom is -0.374 e. The Balaban J connectivity index is 1.62. The zero-order valence-electron chi connectivity index (χ0n) is 9.44. The molecule has 3 heteroatoms. The molecule has 0 spiro atoms. The van der Waals surface area contributed by atoms with E-state index in [1.807, 2.05) is 6.08 Å². The summed E-state index contributed by atoms with van der Waals surface area (Å²) in [6.07, 6.45) is 3.57. The molecule has 2 atom stereocenters. The van der Waals surface area contributed by atoms with Crippen molar-refractivity contribution < 1.29 is 4.79 Å². The standard InChI is InChI=1S/C12H18N2O/c1-13(2)12-10-6-14(7-11(10)12)8-3-4-9(15)5-8/h5,10-12H,3-4,6-7H2,1-2H3. The Morgan fingerprint density at radius 1 is 1.27 bits per heavy atom. The smallest absolute Gasteiger partial charge is 0.157 e. The predicted octanol–water partition coefficient (Wildman–Crippen LogP) is 0.725. The highest BCUT2D eigenvalue weighted by atomic mass is 16.1. The first-order valence-electron chi connectivity index (χ1n) is 5.81. The number of carbonyl (C=O) groups excluding carboxylic acids is 1. The molecule has 0 aromatic carbocycles. The SMILES string of the molecule is CN(C)C1C2CN(C3=CC(=O)CC3)CC21. The summed E-state index contributed by atoms with van der Waals surface area (Å²) in [4.78, 5) is 15.9. The van der Waals surface area contributed by atoms with Crippen molar-refractivity contribution in [1.29, 1.82) is 0 Å². The largest absolute Gasteiger partial charge is 0.374 e. The second-order valence-electron chi connectivity index (χ2n) is 5.29. The number of hydrogen-bond acceptors (Lipinski definition) is 3. The average molecular weight is 206 g/mol. The van der Waals surface area contributed by atoms with Gasteiger partial charge >= 0.3 is 0 Å². The molecule has 2 unspecified atom stereocenters. The zero-order chi connectivity index (χ0) is 10.6. The molecule has 3 nitrogen and oxygen atoms in total. The third-order valence-electron chi connectivity index (χ3n) is 4.11. The highest BCUT2D eigenvalue weighted by Crippen LogP contribution is 2.49. The molecule has 15 heavy (non-hydrogen) atoms. The minimum atomic E-state index is 0.315. The summed E-state index contributed by atoms with van der Waals surface area (Å²) in [5.74, 6) is 2.03. The fourth-order valence-electron chi connectivity index (χ4n) is 3.33. The Morgan fingerprint density at radius 3 is 2.40 bits per heavy atom. The normalized spacial score (nSPS) is 38.6. The summed E-state index contributed by atoms with van der Waals surface area (Å²) >= 11 is 0. The fourth-order valence-corrected chi connectivity index (χ4v) is 3.33. The molecule has 0 N–H and O–H groups in total. The van der Waals surface area contributed by atoms with Crippen LogP contribution in [0.25, 0.3) is 0 Å². The van der Waals surface area contributed by atoms with Crippen LogP contribution in [0.3, 0.4) is 0 Å². The molecule has 1 saturated carbocycles. The van der Waals surface area contributed by atoms with E-state index >= 15 is 0 Å². The van der Waals surface area contributed by atoms with Crippen LogP contribution < -0.4 is 0 Å². The molecule has 2 fully saturated rings. The summed E-state index contributed by atoms with van der Waals surface area (Å²) in [5.41, 5.74) is 1.30. The van der Waals surface area contributed by atoms with Crippen molar-refractivity contribution in [1.82, 2.24) is 9.80 Å². The van der Waals surface area contributed by atoms with Gasteiger partial charge in [-0.2, -0.15) is 0 Å². The van der Waals surface area contributed by atoms with Gasteiger partial charge in [-0.15, -0.1) is 0 Å². The van der Waals surface area contributed by atoms with Gasteiger partial charge in [0.1, 0.15) is 0 Å². The predicted molar refractivity (Wildman–Crippen MR) is 58.4 cm³/mol. The zero-order valence-corrected chi connectivity index (χ0v) is 9.44. The van der Waals surface area contributed by atoms with E-state index in [-0.39, 0.29) is 0 Å². The Labute approximate surface area is 90.7 Å². The second kappa shape index (κ2) is 3.08. The molecule has 2 aliphatic carbocycles. The molecule has 3 rings (SSSR count). The van der Waals surface area contributed by atoms with Gasteiger partial charge in [0.25, 0.3) is 0 Å². The van der Waals surface area contributed by atoms with Crippen molar-refractivity contribution in [3.05, 3.63) is 11.8 Å². The quantitative estimate of drug-likeness (QED) is 0.665. The van der Waals surface area contributed by atoms with Crippen LogP contribution in [0.15, 0.2) is 11.8 Å². The van der Waals surface area contributed by atoms with Crippen LogP contribution in [0.5, 0.6) is 0 Å². The van der Waals surface area contributed by atoms with Gasteiger partial charge in [0.15, 0.2) is 5.78 Å². The second-order valence-corrected chi connectivity index (χ2v) is 5.29. The number of ketones is 1. The molecular formula is C12H18N2O. The van der Waals surface area contributed by atoms with E-state index in [2.05, 4.69) is 23.9 Å². The van der Waals surface area contributed by atoms with E-state index in [9.17, 15) is 4.79 Å². The molecule has 1 aliphatic heterocycles. The number of hydrogen-bond donors (Lipinski definition) is 0. The molecule has 82 valence electrons. The number of carbonyl (C=O) groups is 1. The van der Waals surface area contributed by atoms with Crippen molar-refractivity contribution in [2.24, 2.45) is 11.8 Å². The first-order chi connectivity index (χ1) is 7.16. The number of rotatable bonds is 2. The van der Waals surface area contributed by atoms with Crippen molar-refractivity contribution in [2.45, 2.75) is 18.9 Å². The lowest BCUT2D eigenvalue weighted by Crippen LogP contribution is -2.29. The Morgan fingerprint density at radius 2 is 1.93 bits per heavy atom. The van der Waals surface area contributed by atoms with Gasteiger partial charge in [-0.3, -0.25) is 4.79 Å². The van der Waals surface area contributed by atoms with E-state index < -0.39 is 0 Å². The van der Waals surface area contributed by atoms with E-state index in [4.69, 9.17) is 0 Å². The number of nitrogens with zero attached hydrogens (tertiary/aromatic N) is 2. The van der Waals surface area contributed by atoms with Gasteiger partial charge in [0.05, 0.1) is 0 Å². The van der Waals surface area contributed by atoms with Crippen LogP contribution in [0.4, 0.5) is 0 Å². The molecule has 1 heterocycles. The molecule has 1 saturated heterocycles. The number of piperidine rings is 1. The number of fused-ring (bicyclic) bond motifs is 1. The molecular weight excluding hydrogens is 188 g/mol. The summed E-state index contributed by atoms with van der Waals surface area (Å²) in [6.45, 7) is 2.35. The molecule has 0 radical (unpaired) electrons. The van der Waals surface area contributed by atoms with Crippen molar-refractivity contribution in [3.63, 3.8) is 0 Å². The van der Waals surface area contributed by atoms with Gasteiger partial charge in [0, 0.05) is 37.3 Å². The van der Waals surface area contributed by atoms with Crippen LogP contribution in [-0.4, -0.2) is 48.8 Å². The minimum absolute atomic E-state index is 0.315. The lowest BCUT2D eigenvalue weighted by Gasteiger charge is -2.24. The lowest BCUT2D eigenvalue weighted by atomic mass is 10.3. The van der Waals surface area contributed by atoms with Crippen LogP contribution in [0, 0.1) is 11.8 Å². The Kier molecular flexibility index (Phi) is 1.93.